The van der Waals surface area contributed by atoms with Gasteiger partial charge in [0.05, 0.1) is 7.11 Å². The molecule has 2 nitrogen and oxygen atoms in total. The van der Waals surface area contributed by atoms with E-state index in [1.165, 1.54) is 0 Å². The Balaban J connectivity index is 2.86. The molecule has 14 heavy (non-hydrogen) atoms. The normalized spacial score (nSPS) is 11.2. The number of carbonyl (C=O) groups is 1. The van der Waals surface area contributed by atoms with Crippen LogP contribution in [0, 0.1) is 0 Å². The maximum absolute atomic E-state index is 13.0. The molecule has 0 saturated heterocycles. The Hall–Kier alpha value is -1.29. The van der Waals surface area contributed by atoms with Crippen LogP contribution in [0.3, 0.4) is 0 Å². The second kappa shape index (κ2) is 4.81. The highest BCUT2D eigenvalue weighted by atomic mass is 32.1. The number of esters is 1. The molecular weight excluding hydrogens is 203 g/mol. The zero-order valence-corrected chi connectivity index (χ0v) is 8.42. The summed E-state index contributed by atoms with van der Waals surface area (Å²) in [6.45, 7) is 0. The lowest BCUT2D eigenvalue weighted by Gasteiger charge is -1.96. The zero-order chi connectivity index (χ0) is 10.6. The first-order valence-electron chi connectivity index (χ1n) is 3.88. The summed E-state index contributed by atoms with van der Waals surface area (Å²) in [4.78, 5) is 11.5. The SMILES string of the molecule is COC(=O)/C(F)=C\c1ccc(S)cc1. The minimum atomic E-state index is -0.972. The first-order valence-corrected chi connectivity index (χ1v) is 4.33. The van der Waals surface area contributed by atoms with Crippen LogP contribution < -0.4 is 0 Å². The fraction of sp³-hybridized carbons (Fsp3) is 0.100. The summed E-state index contributed by atoms with van der Waals surface area (Å²) < 4.78 is 17.2. The lowest BCUT2D eigenvalue weighted by Crippen LogP contribution is -1.99. The number of carbonyl (C=O) groups excluding carboxylic acids is 1. The fourth-order valence-electron chi connectivity index (χ4n) is 0.873. The zero-order valence-electron chi connectivity index (χ0n) is 7.53. The van der Waals surface area contributed by atoms with Crippen LogP contribution in [0.5, 0.6) is 0 Å². The number of hydrogen-bond acceptors (Lipinski definition) is 3. The standard InChI is InChI=1S/C10H9FO2S/c1-13-10(12)9(11)6-7-2-4-8(14)5-3-7/h2-6,14H,1H3/b9-6+. The first-order chi connectivity index (χ1) is 6.63. The predicted molar refractivity (Wildman–Crippen MR) is 54.8 cm³/mol. The van der Waals surface area contributed by atoms with E-state index in [1.807, 2.05) is 0 Å². The quantitative estimate of drug-likeness (QED) is 0.463. The van der Waals surface area contributed by atoms with Gasteiger partial charge >= 0.3 is 5.97 Å². The van der Waals surface area contributed by atoms with Gasteiger partial charge in [-0.15, -0.1) is 12.6 Å². The minimum absolute atomic E-state index is 0.589. The number of ether oxygens (including phenoxy) is 1. The molecule has 74 valence electrons. The smallest absolute Gasteiger partial charge is 0.366 e. The molecule has 0 aliphatic carbocycles. The molecule has 0 amide bonds. The highest BCUT2D eigenvalue weighted by Gasteiger charge is 2.07. The van der Waals surface area contributed by atoms with Gasteiger partial charge in [-0.1, -0.05) is 12.1 Å². The first kappa shape index (κ1) is 10.8. The van der Waals surface area contributed by atoms with Gasteiger partial charge in [0.25, 0.3) is 0 Å². The largest absolute Gasteiger partial charge is 0.464 e. The maximum Gasteiger partial charge on any atom is 0.366 e. The summed E-state index contributed by atoms with van der Waals surface area (Å²) in [7, 11) is 1.13. The fourth-order valence-corrected chi connectivity index (χ4v) is 1.02. The van der Waals surface area contributed by atoms with E-state index < -0.39 is 11.8 Å². The van der Waals surface area contributed by atoms with Crippen LogP contribution in [-0.4, -0.2) is 13.1 Å². The van der Waals surface area contributed by atoms with E-state index in [4.69, 9.17) is 0 Å². The molecule has 0 spiro atoms. The van der Waals surface area contributed by atoms with Crippen LogP contribution in [0.4, 0.5) is 4.39 Å². The summed E-state index contributed by atoms with van der Waals surface area (Å²) >= 11 is 4.08. The molecule has 0 aromatic heterocycles. The molecule has 0 fully saturated rings. The summed E-state index contributed by atoms with van der Waals surface area (Å²) in [5.74, 6) is -1.89. The number of hydrogen-bond donors (Lipinski definition) is 1. The van der Waals surface area contributed by atoms with E-state index in [0.717, 1.165) is 18.1 Å². The Morgan fingerprint density at radius 2 is 2.00 bits per heavy atom. The summed E-state index contributed by atoms with van der Waals surface area (Å²) in [5, 5.41) is 0. The van der Waals surface area contributed by atoms with Crippen LogP contribution in [0.25, 0.3) is 6.08 Å². The van der Waals surface area contributed by atoms with Crippen LogP contribution >= 0.6 is 12.6 Å². The number of rotatable bonds is 2. The van der Waals surface area contributed by atoms with Crippen molar-refractivity contribution in [2.75, 3.05) is 7.11 Å². The average molecular weight is 212 g/mol. The summed E-state index contributed by atoms with van der Waals surface area (Å²) in [5.41, 5.74) is 0.589. The highest BCUT2D eigenvalue weighted by molar-refractivity contribution is 7.80. The van der Waals surface area contributed by atoms with E-state index in [0.29, 0.717) is 5.56 Å². The van der Waals surface area contributed by atoms with Crippen molar-refractivity contribution < 1.29 is 13.9 Å². The number of benzene rings is 1. The Labute approximate surface area is 86.8 Å². The van der Waals surface area contributed by atoms with E-state index >= 15 is 0 Å². The number of methoxy groups -OCH3 is 1. The molecule has 0 unspecified atom stereocenters. The third kappa shape index (κ3) is 2.88. The van der Waals surface area contributed by atoms with Crippen LogP contribution in [0.2, 0.25) is 0 Å². The van der Waals surface area contributed by atoms with Crippen molar-refractivity contribution in [1.82, 2.24) is 0 Å². The highest BCUT2D eigenvalue weighted by Crippen LogP contribution is 2.12. The molecule has 0 aliphatic rings. The second-order valence-corrected chi connectivity index (χ2v) is 3.09. The summed E-state index contributed by atoms with van der Waals surface area (Å²) in [6.07, 6.45) is 1.11. The van der Waals surface area contributed by atoms with Gasteiger partial charge in [0.15, 0.2) is 0 Å². The van der Waals surface area contributed by atoms with Gasteiger partial charge in [-0.05, 0) is 23.8 Å². The minimum Gasteiger partial charge on any atom is -0.464 e. The average Bonchev–Trinajstić information content (AvgIpc) is 2.20. The van der Waals surface area contributed by atoms with Crippen molar-refractivity contribution in [3.05, 3.63) is 35.7 Å². The number of thiol groups is 1. The van der Waals surface area contributed by atoms with Gasteiger partial charge in [0.2, 0.25) is 5.83 Å². The molecule has 4 heteroatoms. The van der Waals surface area contributed by atoms with Crippen molar-refractivity contribution in [2.24, 2.45) is 0 Å². The maximum atomic E-state index is 13.0. The van der Waals surface area contributed by atoms with Gasteiger partial charge in [-0.2, -0.15) is 4.39 Å². The van der Waals surface area contributed by atoms with E-state index in [9.17, 15) is 9.18 Å². The third-order valence-electron chi connectivity index (χ3n) is 1.57. The molecule has 0 radical (unpaired) electrons. The van der Waals surface area contributed by atoms with Crippen molar-refractivity contribution in [2.45, 2.75) is 4.90 Å². The van der Waals surface area contributed by atoms with Crippen LogP contribution in [-0.2, 0) is 9.53 Å². The molecule has 0 heterocycles. The molecule has 0 bridgehead atoms. The Kier molecular flexibility index (Phi) is 3.71. The molecule has 0 saturated carbocycles. The van der Waals surface area contributed by atoms with Gasteiger partial charge in [0.1, 0.15) is 0 Å². The van der Waals surface area contributed by atoms with Crippen LogP contribution in [0.1, 0.15) is 5.56 Å². The second-order valence-electron chi connectivity index (χ2n) is 2.58. The molecule has 0 atom stereocenters. The van der Waals surface area contributed by atoms with E-state index in [1.54, 1.807) is 24.3 Å². The van der Waals surface area contributed by atoms with Crippen LogP contribution in [0.15, 0.2) is 35.0 Å². The molecule has 1 rings (SSSR count). The lowest BCUT2D eigenvalue weighted by atomic mass is 10.2. The molecule has 0 N–H and O–H groups in total. The van der Waals surface area contributed by atoms with Gasteiger partial charge in [-0.3, -0.25) is 0 Å². The predicted octanol–water partition coefficient (Wildman–Crippen LogP) is 2.46. The molecule has 1 aromatic rings. The van der Waals surface area contributed by atoms with E-state index in [2.05, 4.69) is 17.4 Å². The topological polar surface area (TPSA) is 26.3 Å². The Morgan fingerprint density at radius 1 is 1.43 bits per heavy atom. The Bertz CT molecular complexity index is 357. The Morgan fingerprint density at radius 3 is 2.50 bits per heavy atom. The van der Waals surface area contributed by atoms with Gasteiger partial charge in [0, 0.05) is 4.90 Å². The molecule has 1 aromatic carbocycles. The molecule has 0 aliphatic heterocycles. The third-order valence-corrected chi connectivity index (χ3v) is 1.87. The van der Waals surface area contributed by atoms with Crippen molar-refractivity contribution in [3.8, 4) is 0 Å². The van der Waals surface area contributed by atoms with Crippen molar-refractivity contribution >= 4 is 24.7 Å². The molecular formula is C10H9FO2S. The van der Waals surface area contributed by atoms with E-state index in [-0.39, 0.29) is 0 Å². The lowest BCUT2D eigenvalue weighted by molar-refractivity contribution is -0.137. The van der Waals surface area contributed by atoms with Crippen molar-refractivity contribution in [1.29, 1.82) is 0 Å². The van der Waals surface area contributed by atoms with Gasteiger partial charge < -0.3 is 4.74 Å². The van der Waals surface area contributed by atoms with Gasteiger partial charge in [-0.25, -0.2) is 4.79 Å². The van der Waals surface area contributed by atoms with Crippen molar-refractivity contribution in [3.63, 3.8) is 0 Å². The summed E-state index contributed by atoms with van der Waals surface area (Å²) in [6, 6.07) is 6.73. The number of halogens is 1. The monoisotopic (exact) mass is 212 g/mol.